The summed E-state index contributed by atoms with van der Waals surface area (Å²) in [5.74, 6) is -0.609. The van der Waals surface area contributed by atoms with Gasteiger partial charge in [0.05, 0.1) is 13.0 Å². The van der Waals surface area contributed by atoms with E-state index in [1.54, 1.807) is 0 Å². The third-order valence-electron chi connectivity index (χ3n) is 1.16. The zero-order chi connectivity index (χ0) is 8.48. The second-order valence-electron chi connectivity index (χ2n) is 2.13. The molecule has 1 saturated heterocycles. The first-order chi connectivity index (χ1) is 4.99. The topological polar surface area (TPSA) is 29.5 Å². The van der Waals surface area contributed by atoms with Crippen LogP contribution in [0.5, 0.6) is 0 Å². The van der Waals surface area contributed by atoms with Crippen LogP contribution in [0.2, 0.25) is 0 Å². The third kappa shape index (κ3) is 2.38. The fourth-order valence-corrected chi connectivity index (χ4v) is 0.736. The zero-order valence-electron chi connectivity index (χ0n) is 5.52. The van der Waals surface area contributed by atoms with E-state index in [1.807, 2.05) is 0 Å². The predicted molar refractivity (Wildman–Crippen MR) is 28.3 cm³/mol. The van der Waals surface area contributed by atoms with Gasteiger partial charge in [0, 0.05) is 0 Å². The summed E-state index contributed by atoms with van der Waals surface area (Å²) in [6, 6.07) is 0. The van der Waals surface area contributed by atoms with Crippen LogP contribution >= 0.6 is 0 Å². The average molecular weight is 169 g/mol. The van der Waals surface area contributed by atoms with Gasteiger partial charge in [-0.05, 0) is 0 Å². The van der Waals surface area contributed by atoms with Crippen LogP contribution in [-0.4, -0.2) is 30.3 Å². The molecular weight excluding hydrogens is 163 g/mol. The molecular formula is C5H6F3NO2. The molecule has 1 aliphatic heterocycles. The molecule has 0 aromatic heterocycles. The molecule has 0 bridgehead atoms. The summed E-state index contributed by atoms with van der Waals surface area (Å²) < 4.78 is 34.8. The lowest BCUT2D eigenvalue weighted by molar-refractivity contribution is -0.214. The van der Waals surface area contributed by atoms with Gasteiger partial charge in [-0.25, -0.2) is 5.06 Å². The Hall–Kier alpha value is -0.780. The lowest BCUT2D eigenvalue weighted by atomic mass is 10.4. The van der Waals surface area contributed by atoms with Crippen molar-refractivity contribution in [2.45, 2.75) is 12.6 Å². The molecule has 0 atom stereocenters. The largest absolute Gasteiger partial charge is 0.408 e. The van der Waals surface area contributed by atoms with Crippen molar-refractivity contribution in [3.05, 3.63) is 0 Å². The Morgan fingerprint density at radius 1 is 1.55 bits per heavy atom. The summed E-state index contributed by atoms with van der Waals surface area (Å²) >= 11 is 0. The van der Waals surface area contributed by atoms with Gasteiger partial charge in [0.15, 0.2) is 0 Å². The minimum absolute atomic E-state index is 0.0378. The maximum Gasteiger partial charge on any atom is 0.408 e. The smallest absolute Gasteiger partial charge is 0.272 e. The summed E-state index contributed by atoms with van der Waals surface area (Å²) in [5.41, 5.74) is 0. The van der Waals surface area contributed by atoms with Crippen molar-refractivity contribution in [1.82, 2.24) is 5.06 Å². The molecule has 0 radical (unpaired) electrons. The molecule has 6 heteroatoms. The number of alkyl halides is 3. The molecule has 1 heterocycles. The van der Waals surface area contributed by atoms with Crippen LogP contribution in [0, 0.1) is 0 Å². The van der Waals surface area contributed by atoms with Crippen molar-refractivity contribution in [3.8, 4) is 0 Å². The Balaban J connectivity index is 2.43. The van der Waals surface area contributed by atoms with Gasteiger partial charge in [0.2, 0.25) is 5.91 Å². The number of hydrogen-bond acceptors (Lipinski definition) is 2. The normalized spacial score (nSPS) is 19.5. The number of nitrogens with zero attached hydrogens (tertiary/aromatic N) is 1. The Morgan fingerprint density at radius 3 is 2.55 bits per heavy atom. The lowest BCUT2D eigenvalue weighted by Gasteiger charge is -2.15. The molecule has 1 rings (SSSR count). The molecule has 0 aromatic rings. The summed E-state index contributed by atoms with van der Waals surface area (Å²) in [7, 11) is 0. The number of hydrogen-bond donors (Lipinski definition) is 0. The van der Waals surface area contributed by atoms with E-state index in [9.17, 15) is 18.0 Å². The Bertz CT molecular complexity index is 168. The van der Waals surface area contributed by atoms with E-state index in [1.165, 1.54) is 0 Å². The van der Waals surface area contributed by atoms with Crippen molar-refractivity contribution in [2.75, 3.05) is 13.2 Å². The molecule has 1 amide bonds. The summed E-state index contributed by atoms with van der Waals surface area (Å²) in [5, 5.41) is 0.347. The fourth-order valence-electron chi connectivity index (χ4n) is 0.736. The second-order valence-corrected chi connectivity index (χ2v) is 2.13. The minimum Gasteiger partial charge on any atom is -0.272 e. The number of halogens is 3. The van der Waals surface area contributed by atoms with Crippen molar-refractivity contribution < 1.29 is 22.8 Å². The molecule has 0 unspecified atom stereocenters. The van der Waals surface area contributed by atoms with E-state index >= 15 is 0 Å². The number of rotatable bonds is 1. The SMILES string of the molecule is O=C1CCON1CC(F)(F)F. The van der Waals surface area contributed by atoms with Gasteiger partial charge in [-0.3, -0.25) is 9.63 Å². The molecule has 0 aromatic carbocycles. The first-order valence-electron chi connectivity index (χ1n) is 2.99. The highest BCUT2D eigenvalue weighted by atomic mass is 19.4. The van der Waals surface area contributed by atoms with E-state index in [0.29, 0.717) is 5.06 Å². The van der Waals surface area contributed by atoms with Crippen molar-refractivity contribution in [2.24, 2.45) is 0 Å². The van der Waals surface area contributed by atoms with Gasteiger partial charge in [0.1, 0.15) is 6.54 Å². The highest BCUT2D eigenvalue weighted by molar-refractivity contribution is 5.76. The summed E-state index contributed by atoms with van der Waals surface area (Å²) in [6.45, 7) is -1.26. The highest BCUT2D eigenvalue weighted by Gasteiger charge is 2.35. The van der Waals surface area contributed by atoms with E-state index in [-0.39, 0.29) is 13.0 Å². The molecule has 1 aliphatic rings. The third-order valence-corrected chi connectivity index (χ3v) is 1.16. The zero-order valence-corrected chi connectivity index (χ0v) is 5.52. The Kier molecular flexibility index (Phi) is 2.03. The molecule has 3 nitrogen and oxygen atoms in total. The van der Waals surface area contributed by atoms with Crippen LogP contribution < -0.4 is 0 Å². The maximum atomic E-state index is 11.6. The van der Waals surface area contributed by atoms with Crippen molar-refractivity contribution >= 4 is 5.91 Å². The molecule has 11 heavy (non-hydrogen) atoms. The van der Waals surface area contributed by atoms with Crippen LogP contribution in [0.25, 0.3) is 0 Å². The predicted octanol–water partition coefficient (Wildman–Crippen LogP) is 0.713. The quantitative estimate of drug-likeness (QED) is 0.578. The van der Waals surface area contributed by atoms with Crippen LogP contribution in [0.3, 0.4) is 0 Å². The average Bonchev–Trinajstić information content (AvgIpc) is 2.12. The van der Waals surface area contributed by atoms with Gasteiger partial charge < -0.3 is 0 Å². The Morgan fingerprint density at radius 2 is 2.18 bits per heavy atom. The minimum atomic E-state index is -4.38. The molecule has 1 fully saturated rings. The number of carbonyl (C=O) groups is 1. The first-order valence-corrected chi connectivity index (χ1v) is 2.99. The maximum absolute atomic E-state index is 11.6. The van der Waals surface area contributed by atoms with Gasteiger partial charge >= 0.3 is 6.18 Å². The Labute approximate surface area is 60.7 Å². The highest BCUT2D eigenvalue weighted by Crippen LogP contribution is 2.19. The van der Waals surface area contributed by atoms with Gasteiger partial charge in [-0.15, -0.1) is 0 Å². The second kappa shape index (κ2) is 2.69. The van der Waals surface area contributed by atoms with Crippen LogP contribution in [0.15, 0.2) is 0 Å². The molecule has 0 N–H and O–H groups in total. The van der Waals surface area contributed by atoms with Crippen molar-refractivity contribution in [3.63, 3.8) is 0 Å². The van der Waals surface area contributed by atoms with E-state index in [2.05, 4.69) is 4.84 Å². The van der Waals surface area contributed by atoms with Gasteiger partial charge in [-0.1, -0.05) is 0 Å². The van der Waals surface area contributed by atoms with Crippen molar-refractivity contribution in [1.29, 1.82) is 0 Å². The van der Waals surface area contributed by atoms with E-state index in [0.717, 1.165) is 0 Å². The van der Waals surface area contributed by atoms with Crippen LogP contribution in [0.1, 0.15) is 6.42 Å². The van der Waals surface area contributed by atoms with E-state index < -0.39 is 18.6 Å². The first kappa shape index (κ1) is 8.32. The molecule has 0 spiro atoms. The summed E-state index contributed by atoms with van der Waals surface area (Å²) in [6.07, 6.45) is -4.34. The number of carbonyl (C=O) groups excluding carboxylic acids is 1. The van der Waals surface area contributed by atoms with Crippen LogP contribution in [0.4, 0.5) is 13.2 Å². The number of hydroxylamine groups is 2. The monoisotopic (exact) mass is 169 g/mol. The standard InChI is InChI=1S/C5H6F3NO2/c6-5(7,8)3-9-4(10)1-2-11-9/h1-3H2. The molecule has 0 aliphatic carbocycles. The van der Waals surface area contributed by atoms with Gasteiger partial charge in [-0.2, -0.15) is 13.2 Å². The summed E-state index contributed by atoms with van der Waals surface area (Å²) in [4.78, 5) is 15.0. The lowest BCUT2D eigenvalue weighted by Crippen LogP contribution is -2.33. The van der Waals surface area contributed by atoms with E-state index in [4.69, 9.17) is 0 Å². The molecule has 64 valence electrons. The fraction of sp³-hybridized carbons (Fsp3) is 0.800. The molecule has 0 saturated carbocycles. The van der Waals surface area contributed by atoms with Crippen LogP contribution in [-0.2, 0) is 9.63 Å². The number of amides is 1. The van der Waals surface area contributed by atoms with Gasteiger partial charge in [0.25, 0.3) is 0 Å².